The first-order valence-corrected chi connectivity index (χ1v) is 5.96. The van der Waals surface area contributed by atoms with E-state index in [1.807, 2.05) is 22.6 Å². The van der Waals surface area contributed by atoms with Gasteiger partial charge in [0.2, 0.25) is 0 Å². The van der Waals surface area contributed by atoms with Gasteiger partial charge in [-0.1, -0.05) is 12.1 Å². The third-order valence-corrected chi connectivity index (χ3v) is 3.10. The van der Waals surface area contributed by atoms with Crippen LogP contribution in [0.1, 0.15) is 18.9 Å². The minimum Gasteiger partial charge on any atom is -0.385 e. The van der Waals surface area contributed by atoms with E-state index in [4.69, 9.17) is 0 Å². The fourth-order valence-corrected chi connectivity index (χ4v) is 2.00. The highest BCUT2D eigenvalue weighted by atomic mass is 127. The van der Waals surface area contributed by atoms with Crippen LogP contribution in [0.5, 0.6) is 0 Å². The minimum absolute atomic E-state index is 0.0262. The zero-order valence-electron chi connectivity index (χ0n) is 9.23. The molecule has 1 atom stereocenters. The molecule has 1 aromatic rings. The molecule has 0 aliphatic rings. The second-order valence-electron chi connectivity index (χ2n) is 4.16. The SMILES string of the molecule is CC(O)(CC(F)(F)C(F)(F)F)c1cccc(I)c1. The summed E-state index contributed by atoms with van der Waals surface area (Å²) in [6, 6.07) is 5.81. The Kier molecular flexibility index (Phi) is 4.26. The molecule has 1 N–H and O–H groups in total. The lowest BCUT2D eigenvalue weighted by molar-refractivity contribution is -0.296. The maximum Gasteiger partial charge on any atom is 0.453 e. The zero-order valence-corrected chi connectivity index (χ0v) is 11.4. The summed E-state index contributed by atoms with van der Waals surface area (Å²) in [5.41, 5.74) is -2.22. The molecule has 0 radical (unpaired) electrons. The molecule has 0 aliphatic heterocycles. The maximum absolute atomic E-state index is 12.9. The third kappa shape index (κ3) is 3.53. The van der Waals surface area contributed by atoms with E-state index in [-0.39, 0.29) is 5.56 Å². The summed E-state index contributed by atoms with van der Waals surface area (Å²) in [5, 5.41) is 9.83. The third-order valence-electron chi connectivity index (χ3n) is 2.43. The van der Waals surface area contributed by atoms with Gasteiger partial charge in [0.25, 0.3) is 0 Å². The van der Waals surface area contributed by atoms with Crippen molar-refractivity contribution >= 4 is 22.6 Å². The minimum atomic E-state index is -5.67. The van der Waals surface area contributed by atoms with Crippen LogP contribution in [0.2, 0.25) is 0 Å². The summed E-state index contributed by atoms with van der Waals surface area (Å²) < 4.78 is 62.8. The molecule has 0 fully saturated rings. The summed E-state index contributed by atoms with van der Waals surface area (Å²) in [6.45, 7) is 0.943. The van der Waals surface area contributed by atoms with E-state index in [9.17, 15) is 27.1 Å². The van der Waals surface area contributed by atoms with Crippen molar-refractivity contribution in [3.8, 4) is 0 Å². The van der Waals surface area contributed by atoms with Gasteiger partial charge in [-0.25, -0.2) is 0 Å². The van der Waals surface area contributed by atoms with E-state index >= 15 is 0 Å². The molecule has 0 aliphatic carbocycles. The van der Waals surface area contributed by atoms with Crippen molar-refractivity contribution < 1.29 is 27.1 Å². The van der Waals surface area contributed by atoms with Gasteiger partial charge in [-0.3, -0.25) is 0 Å². The average Bonchev–Trinajstić information content (AvgIpc) is 2.14. The van der Waals surface area contributed by atoms with Crippen LogP contribution in [0.15, 0.2) is 24.3 Å². The fourth-order valence-electron chi connectivity index (χ4n) is 1.46. The van der Waals surface area contributed by atoms with E-state index in [0.717, 1.165) is 6.92 Å². The highest BCUT2D eigenvalue weighted by Gasteiger charge is 2.59. The summed E-state index contributed by atoms with van der Waals surface area (Å²) in [6.07, 6.45) is -7.37. The van der Waals surface area contributed by atoms with Gasteiger partial charge in [-0.2, -0.15) is 22.0 Å². The molecule has 0 saturated heterocycles. The molecule has 0 saturated carbocycles. The summed E-state index contributed by atoms with van der Waals surface area (Å²) in [5.74, 6) is -4.93. The van der Waals surface area contributed by atoms with E-state index in [1.54, 1.807) is 6.07 Å². The molecule has 1 aromatic carbocycles. The van der Waals surface area contributed by atoms with Gasteiger partial charge in [0, 0.05) is 3.57 Å². The van der Waals surface area contributed by atoms with Crippen molar-refractivity contribution in [1.82, 2.24) is 0 Å². The van der Waals surface area contributed by atoms with Gasteiger partial charge >= 0.3 is 12.1 Å². The van der Waals surface area contributed by atoms with Crippen molar-refractivity contribution in [2.45, 2.75) is 31.0 Å². The topological polar surface area (TPSA) is 20.2 Å². The van der Waals surface area contributed by atoms with Gasteiger partial charge in [0.1, 0.15) is 0 Å². The lowest BCUT2D eigenvalue weighted by Crippen LogP contribution is -2.42. The van der Waals surface area contributed by atoms with Crippen LogP contribution < -0.4 is 0 Å². The number of rotatable bonds is 3. The van der Waals surface area contributed by atoms with Crippen LogP contribution in [-0.2, 0) is 5.60 Å². The fraction of sp³-hybridized carbons (Fsp3) is 0.455. The Labute approximate surface area is 114 Å². The molecule has 0 bridgehead atoms. The van der Waals surface area contributed by atoms with Gasteiger partial charge < -0.3 is 5.11 Å². The number of hydrogen-bond acceptors (Lipinski definition) is 1. The number of alkyl halides is 5. The first-order chi connectivity index (χ1) is 7.96. The lowest BCUT2D eigenvalue weighted by Gasteiger charge is -2.30. The first kappa shape index (κ1) is 15.6. The molecule has 1 unspecified atom stereocenters. The van der Waals surface area contributed by atoms with Crippen molar-refractivity contribution in [2.75, 3.05) is 0 Å². The highest BCUT2D eigenvalue weighted by Crippen LogP contribution is 2.43. The maximum atomic E-state index is 12.9. The molecule has 102 valence electrons. The number of aliphatic hydroxyl groups is 1. The number of hydrogen-bond donors (Lipinski definition) is 1. The Morgan fingerprint density at radius 1 is 1.17 bits per heavy atom. The molecule has 0 heterocycles. The Morgan fingerprint density at radius 2 is 1.72 bits per heavy atom. The Bertz CT molecular complexity index is 428. The van der Waals surface area contributed by atoms with E-state index < -0.39 is 24.1 Å². The number of benzene rings is 1. The normalized spacial score (nSPS) is 16.4. The first-order valence-electron chi connectivity index (χ1n) is 4.89. The van der Waals surface area contributed by atoms with Crippen molar-refractivity contribution in [2.24, 2.45) is 0 Å². The Hall–Kier alpha value is -0.440. The quantitative estimate of drug-likeness (QED) is 0.619. The molecule has 7 heteroatoms. The molecule has 18 heavy (non-hydrogen) atoms. The Balaban J connectivity index is 3.02. The van der Waals surface area contributed by atoms with Gasteiger partial charge in [0.15, 0.2) is 0 Å². The second kappa shape index (κ2) is 4.92. The second-order valence-corrected chi connectivity index (χ2v) is 5.41. The van der Waals surface area contributed by atoms with Gasteiger partial charge in [0.05, 0.1) is 12.0 Å². The van der Waals surface area contributed by atoms with Crippen molar-refractivity contribution in [3.05, 3.63) is 33.4 Å². The van der Waals surface area contributed by atoms with Crippen LogP contribution in [0.4, 0.5) is 22.0 Å². The van der Waals surface area contributed by atoms with Crippen LogP contribution in [0, 0.1) is 3.57 Å². The van der Waals surface area contributed by atoms with Gasteiger partial charge in [-0.05, 0) is 47.2 Å². The molecule has 1 rings (SSSR count). The smallest absolute Gasteiger partial charge is 0.385 e. The number of halogens is 6. The standard InChI is InChI=1S/C11H10F5IO/c1-9(18,6-10(12,13)11(14,15)16)7-3-2-4-8(17)5-7/h2-5,18H,6H2,1H3. The molecule has 1 nitrogen and oxygen atoms in total. The molecule has 0 amide bonds. The largest absolute Gasteiger partial charge is 0.453 e. The molecule has 0 spiro atoms. The average molecular weight is 380 g/mol. The van der Waals surface area contributed by atoms with E-state index in [1.165, 1.54) is 18.2 Å². The molecule has 0 aromatic heterocycles. The van der Waals surface area contributed by atoms with Crippen LogP contribution in [0.3, 0.4) is 0 Å². The summed E-state index contributed by atoms with van der Waals surface area (Å²) in [4.78, 5) is 0. The van der Waals surface area contributed by atoms with Crippen LogP contribution in [0.25, 0.3) is 0 Å². The highest BCUT2D eigenvalue weighted by molar-refractivity contribution is 14.1. The van der Waals surface area contributed by atoms with Crippen molar-refractivity contribution in [1.29, 1.82) is 0 Å². The van der Waals surface area contributed by atoms with Crippen molar-refractivity contribution in [3.63, 3.8) is 0 Å². The van der Waals surface area contributed by atoms with Crippen LogP contribution >= 0.6 is 22.6 Å². The summed E-state index contributed by atoms with van der Waals surface area (Å²) >= 11 is 1.88. The molecular weight excluding hydrogens is 370 g/mol. The summed E-state index contributed by atoms with van der Waals surface area (Å²) in [7, 11) is 0. The lowest BCUT2D eigenvalue weighted by atomic mass is 9.89. The predicted octanol–water partition coefficient (Wildman–Crippen LogP) is 4.09. The van der Waals surface area contributed by atoms with Gasteiger partial charge in [-0.15, -0.1) is 0 Å². The van der Waals surface area contributed by atoms with Crippen LogP contribution in [-0.4, -0.2) is 17.2 Å². The monoisotopic (exact) mass is 380 g/mol. The Morgan fingerprint density at radius 3 is 2.17 bits per heavy atom. The van der Waals surface area contributed by atoms with E-state index in [0.29, 0.717) is 3.57 Å². The predicted molar refractivity (Wildman–Crippen MR) is 64.3 cm³/mol. The van der Waals surface area contributed by atoms with E-state index in [2.05, 4.69) is 0 Å². The zero-order chi connectivity index (χ0) is 14.2. The molecular formula is C11H10F5IO.